The Hall–Kier alpha value is -0.0500. The fourth-order valence-electron chi connectivity index (χ4n) is 0.999. The summed E-state index contributed by atoms with van der Waals surface area (Å²) in [5, 5.41) is 3.36. The Morgan fingerprint density at radius 2 is 2.25 bits per heavy atom. The van der Waals surface area contributed by atoms with Crippen molar-refractivity contribution < 1.29 is 0 Å². The van der Waals surface area contributed by atoms with Crippen LogP contribution in [0.2, 0.25) is 4.34 Å². The molecular weight excluding hydrogens is 190 g/mol. The number of hydrogen-bond acceptors (Lipinski definition) is 2. The molecule has 3 heteroatoms. The Morgan fingerprint density at radius 1 is 1.42 bits per heavy atom. The molecule has 0 bridgehead atoms. The highest BCUT2D eigenvalue weighted by molar-refractivity contribution is 7.16. The van der Waals surface area contributed by atoms with E-state index in [1.165, 1.54) is 11.3 Å². The van der Waals surface area contributed by atoms with Crippen molar-refractivity contribution in [1.82, 2.24) is 5.32 Å². The Labute approximate surface area is 82.7 Å². The van der Waals surface area contributed by atoms with Gasteiger partial charge in [-0.1, -0.05) is 18.5 Å². The van der Waals surface area contributed by atoms with Crippen molar-refractivity contribution in [2.45, 2.75) is 19.8 Å². The second-order valence-electron chi connectivity index (χ2n) is 2.71. The number of halogens is 1. The number of thiophene rings is 1. The summed E-state index contributed by atoms with van der Waals surface area (Å²) in [4.78, 5) is 1.36. The van der Waals surface area contributed by atoms with Crippen LogP contribution in [0, 0.1) is 0 Å². The van der Waals surface area contributed by atoms with Crippen LogP contribution in [0.5, 0.6) is 0 Å². The fraction of sp³-hybridized carbons (Fsp3) is 0.556. The summed E-state index contributed by atoms with van der Waals surface area (Å²) in [6, 6.07) is 4.06. The maximum absolute atomic E-state index is 5.80. The standard InChI is InChI=1S/C9H14ClNS/c1-2-6-11-7-5-8-3-4-9(10)12-8/h3-4,11H,2,5-7H2,1H3. The Balaban J connectivity index is 2.15. The van der Waals surface area contributed by atoms with Gasteiger partial charge in [0.25, 0.3) is 0 Å². The number of nitrogens with one attached hydrogen (secondary N) is 1. The normalized spacial score (nSPS) is 10.5. The van der Waals surface area contributed by atoms with Crippen LogP contribution in [0.15, 0.2) is 12.1 Å². The SMILES string of the molecule is CCCNCCc1ccc(Cl)s1. The van der Waals surface area contributed by atoms with Gasteiger partial charge in [-0.25, -0.2) is 0 Å². The van der Waals surface area contributed by atoms with Crippen LogP contribution in [0.25, 0.3) is 0 Å². The van der Waals surface area contributed by atoms with Crippen molar-refractivity contribution in [2.24, 2.45) is 0 Å². The van der Waals surface area contributed by atoms with E-state index >= 15 is 0 Å². The minimum absolute atomic E-state index is 0.889. The molecule has 1 nitrogen and oxygen atoms in total. The molecule has 0 atom stereocenters. The Bertz CT molecular complexity index is 222. The van der Waals surface area contributed by atoms with E-state index in [9.17, 15) is 0 Å². The molecule has 1 heterocycles. The lowest BCUT2D eigenvalue weighted by Gasteiger charge is -1.99. The Kier molecular flexibility index (Phi) is 4.66. The lowest BCUT2D eigenvalue weighted by atomic mass is 10.3. The summed E-state index contributed by atoms with van der Waals surface area (Å²) in [5.41, 5.74) is 0. The highest BCUT2D eigenvalue weighted by Crippen LogP contribution is 2.21. The third kappa shape index (κ3) is 3.57. The van der Waals surface area contributed by atoms with Gasteiger partial charge in [0, 0.05) is 4.88 Å². The molecule has 12 heavy (non-hydrogen) atoms. The van der Waals surface area contributed by atoms with Gasteiger partial charge in [0.05, 0.1) is 4.34 Å². The first-order valence-electron chi connectivity index (χ1n) is 4.28. The predicted molar refractivity (Wildman–Crippen MR) is 56.2 cm³/mol. The average Bonchev–Trinajstić information content (AvgIpc) is 2.45. The highest BCUT2D eigenvalue weighted by atomic mass is 35.5. The number of rotatable bonds is 5. The van der Waals surface area contributed by atoms with E-state index in [1.54, 1.807) is 11.3 Å². The minimum Gasteiger partial charge on any atom is -0.316 e. The van der Waals surface area contributed by atoms with Crippen LogP contribution in [0.3, 0.4) is 0 Å². The van der Waals surface area contributed by atoms with Crippen LogP contribution < -0.4 is 5.32 Å². The second kappa shape index (κ2) is 5.57. The van der Waals surface area contributed by atoms with Crippen LogP contribution in [0.1, 0.15) is 18.2 Å². The lowest BCUT2D eigenvalue weighted by Crippen LogP contribution is -2.17. The lowest BCUT2D eigenvalue weighted by molar-refractivity contribution is 0.674. The van der Waals surface area contributed by atoms with Gasteiger partial charge in [-0.2, -0.15) is 0 Å². The summed E-state index contributed by atoms with van der Waals surface area (Å²) in [6.45, 7) is 4.35. The zero-order chi connectivity index (χ0) is 8.81. The molecule has 1 aromatic heterocycles. The van der Waals surface area contributed by atoms with Crippen molar-refractivity contribution in [3.63, 3.8) is 0 Å². The second-order valence-corrected chi connectivity index (χ2v) is 4.51. The maximum Gasteiger partial charge on any atom is 0.0931 e. The monoisotopic (exact) mass is 203 g/mol. The first-order chi connectivity index (χ1) is 5.83. The van der Waals surface area contributed by atoms with Crippen molar-refractivity contribution in [1.29, 1.82) is 0 Å². The molecule has 1 aromatic rings. The summed E-state index contributed by atoms with van der Waals surface area (Å²) in [7, 11) is 0. The molecule has 68 valence electrons. The molecule has 0 fully saturated rings. The molecule has 0 amide bonds. The van der Waals surface area contributed by atoms with Gasteiger partial charge in [-0.15, -0.1) is 11.3 Å². The van der Waals surface area contributed by atoms with E-state index in [0.29, 0.717) is 0 Å². The third-order valence-corrected chi connectivity index (χ3v) is 2.89. The fourth-order valence-corrected chi connectivity index (χ4v) is 2.09. The molecular formula is C9H14ClNS. The van der Waals surface area contributed by atoms with Gasteiger partial charge in [0.1, 0.15) is 0 Å². The van der Waals surface area contributed by atoms with Crippen LogP contribution in [0.4, 0.5) is 0 Å². The average molecular weight is 204 g/mol. The molecule has 0 spiro atoms. The Morgan fingerprint density at radius 3 is 2.83 bits per heavy atom. The molecule has 0 saturated heterocycles. The van der Waals surface area contributed by atoms with Crippen LogP contribution in [-0.4, -0.2) is 13.1 Å². The molecule has 0 unspecified atom stereocenters. The van der Waals surface area contributed by atoms with Gasteiger partial charge in [-0.3, -0.25) is 0 Å². The van der Waals surface area contributed by atoms with Gasteiger partial charge in [-0.05, 0) is 38.1 Å². The van der Waals surface area contributed by atoms with Gasteiger partial charge >= 0.3 is 0 Å². The topological polar surface area (TPSA) is 12.0 Å². The predicted octanol–water partition coefficient (Wildman–Crippen LogP) is 2.94. The van der Waals surface area contributed by atoms with E-state index in [1.807, 2.05) is 6.07 Å². The first-order valence-corrected chi connectivity index (χ1v) is 5.47. The van der Waals surface area contributed by atoms with Crippen LogP contribution in [-0.2, 0) is 6.42 Å². The molecule has 0 saturated carbocycles. The summed E-state index contributed by atoms with van der Waals surface area (Å²) >= 11 is 7.47. The zero-order valence-electron chi connectivity index (χ0n) is 7.27. The molecule has 0 aromatic carbocycles. The van der Waals surface area contributed by atoms with Crippen LogP contribution >= 0.6 is 22.9 Å². The largest absolute Gasteiger partial charge is 0.316 e. The van der Waals surface area contributed by atoms with E-state index < -0.39 is 0 Å². The van der Waals surface area contributed by atoms with Gasteiger partial charge in [0.15, 0.2) is 0 Å². The molecule has 0 radical (unpaired) electrons. The van der Waals surface area contributed by atoms with E-state index in [4.69, 9.17) is 11.6 Å². The van der Waals surface area contributed by atoms with Crippen molar-refractivity contribution >= 4 is 22.9 Å². The molecule has 1 rings (SSSR count). The van der Waals surface area contributed by atoms with Crippen molar-refractivity contribution in [3.05, 3.63) is 21.3 Å². The molecule has 0 aliphatic carbocycles. The quantitative estimate of drug-likeness (QED) is 0.726. The molecule has 0 aliphatic rings. The van der Waals surface area contributed by atoms with Crippen molar-refractivity contribution in [2.75, 3.05) is 13.1 Å². The van der Waals surface area contributed by atoms with Crippen molar-refractivity contribution in [3.8, 4) is 0 Å². The number of hydrogen-bond donors (Lipinski definition) is 1. The van der Waals surface area contributed by atoms with E-state index in [-0.39, 0.29) is 0 Å². The van der Waals surface area contributed by atoms with Gasteiger partial charge < -0.3 is 5.32 Å². The minimum atomic E-state index is 0.889. The molecule has 0 aliphatic heterocycles. The molecule has 1 N–H and O–H groups in total. The first kappa shape index (κ1) is 10.0. The van der Waals surface area contributed by atoms with E-state index in [2.05, 4.69) is 18.3 Å². The highest BCUT2D eigenvalue weighted by Gasteiger charge is 1.96. The third-order valence-electron chi connectivity index (χ3n) is 1.60. The summed E-state index contributed by atoms with van der Waals surface area (Å²) in [6.07, 6.45) is 2.29. The smallest absolute Gasteiger partial charge is 0.0931 e. The van der Waals surface area contributed by atoms with E-state index in [0.717, 1.165) is 23.8 Å². The summed E-state index contributed by atoms with van der Waals surface area (Å²) < 4.78 is 0.889. The summed E-state index contributed by atoms with van der Waals surface area (Å²) in [5.74, 6) is 0. The zero-order valence-corrected chi connectivity index (χ0v) is 8.84. The maximum atomic E-state index is 5.80. The van der Waals surface area contributed by atoms with Gasteiger partial charge in [0.2, 0.25) is 0 Å².